The maximum atomic E-state index is 6.04. The van der Waals surface area contributed by atoms with Crippen LogP contribution in [0.25, 0.3) is 0 Å². The van der Waals surface area contributed by atoms with Crippen LogP contribution in [-0.2, 0) is 0 Å². The van der Waals surface area contributed by atoms with E-state index < -0.39 is 0 Å². The molecule has 0 saturated heterocycles. The van der Waals surface area contributed by atoms with E-state index in [2.05, 4.69) is 30.9 Å². The minimum Gasteiger partial charge on any atom is -0.338 e. The molecule has 1 aliphatic carbocycles. The third-order valence-electron chi connectivity index (χ3n) is 3.56. The predicted octanol–water partition coefficient (Wildman–Crippen LogP) is 3.02. The molecule has 1 aliphatic rings. The minimum atomic E-state index is -0.116. The van der Waals surface area contributed by atoms with E-state index in [4.69, 9.17) is 10.3 Å². The lowest BCUT2D eigenvalue weighted by atomic mass is 10.0. The number of aromatic nitrogens is 2. The molecule has 2 N–H and O–H groups in total. The Morgan fingerprint density at radius 2 is 2.18 bits per heavy atom. The van der Waals surface area contributed by atoms with Crippen LogP contribution >= 0.6 is 0 Å². The van der Waals surface area contributed by atoms with E-state index in [1.807, 2.05) is 0 Å². The minimum absolute atomic E-state index is 0.116. The SMILES string of the molecule is CC(C)C[C@@H](N)c1nc(C2CCC(C)C2)no1. The van der Waals surface area contributed by atoms with Gasteiger partial charge in [0.2, 0.25) is 5.89 Å². The van der Waals surface area contributed by atoms with E-state index in [9.17, 15) is 0 Å². The molecule has 17 heavy (non-hydrogen) atoms. The van der Waals surface area contributed by atoms with Gasteiger partial charge in [0.15, 0.2) is 5.82 Å². The second-order valence-electron chi connectivity index (χ2n) is 5.84. The molecule has 4 nitrogen and oxygen atoms in total. The third-order valence-corrected chi connectivity index (χ3v) is 3.56. The van der Waals surface area contributed by atoms with Crippen molar-refractivity contribution >= 4 is 0 Å². The molecule has 2 rings (SSSR count). The zero-order valence-corrected chi connectivity index (χ0v) is 11.0. The summed E-state index contributed by atoms with van der Waals surface area (Å²) in [6.45, 7) is 6.58. The summed E-state index contributed by atoms with van der Waals surface area (Å²) in [5.74, 6) is 3.28. The van der Waals surface area contributed by atoms with Crippen molar-refractivity contribution in [1.82, 2.24) is 10.1 Å². The van der Waals surface area contributed by atoms with Gasteiger partial charge in [0, 0.05) is 5.92 Å². The van der Waals surface area contributed by atoms with Crippen LogP contribution in [0.1, 0.15) is 70.1 Å². The Kier molecular flexibility index (Phi) is 3.82. The summed E-state index contributed by atoms with van der Waals surface area (Å²) in [5.41, 5.74) is 6.04. The summed E-state index contributed by atoms with van der Waals surface area (Å²) >= 11 is 0. The second kappa shape index (κ2) is 5.17. The molecule has 0 radical (unpaired) electrons. The lowest BCUT2D eigenvalue weighted by Crippen LogP contribution is -2.13. The highest BCUT2D eigenvalue weighted by Crippen LogP contribution is 2.36. The van der Waals surface area contributed by atoms with Crippen LogP contribution in [0.3, 0.4) is 0 Å². The first-order valence-corrected chi connectivity index (χ1v) is 6.65. The van der Waals surface area contributed by atoms with Crippen molar-refractivity contribution < 1.29 is 4.52 Å². The zero-order valence-electron chi connectivity index (χ0n) is 11.0. The fourth-order valence-electron chi connectivity index (χ4n) is 2.61. The maximum Gasteiger partial charge on any atom is 0.243 e. The van der Waals surface area contributed by atoms with Gasteiger partial charge in [-0.15, -0.1) is 0 Å². The van der Waals surface area contributed by atoms with Crippen molar-refractivity contribution in [3.05, 3.63) is 11.7 Å². The monoisotopic (exact) mass is 237 g/mol. The van der Waals surface area contributed by atoms with Crippen LogP contribution in [0.15, 0.2) is 4.52 Å². The summed E-state index contributed by atoms with van der Waals surface area (Å²) in [5, 5.41) is 4.09. The van der Waals surface area contributed by atoms with Crippen molar-refractivity contribution in [2.75, 3.05) is 0 Å². The largest absolute Gasteiger partial charge is 0.338 e. The Morgan fingerprint density at radius 3 is 2.76 bits per heavy atom. The average molecular weight is 237 g/mol. The average Bonchev–Trinajstić information content (AvgIpc) is 2.84. The van der Waals surface area contributed by atoms with E-state index in [0.29, 0.717) is 17.7 Å². The van der Waals surface area contributed by atoms with Crippen molar-refractivity contribution in [3.8, 4) is 0 Å². The molecule has 1 saturated carbocycles. The maximum absolute atomic E-state index is 6.04. The third kappa shape index (κ3) is 3.06. The highest BCUT2D eigenvalue weighted by Gasteiger charge is 2.27. The van der Waals surface area contributed by atoms with E-state index in [0.717, 1.165) is 18.2 Å². The van der Waals surface area contributed by atoms with Gasteiger partial charge in [-0.1, -0.05) is 25.9 Å². The van der Waals surface area contributed by atoms with Gasteiger partial charge in [-0.3, -0.25) is 0 Å². The molecular weight excluding hydrogens is 214 g/mol. The smallest absolute Gasteiger partial charge is 0.243 e. The molecule has 1 heterocycles. The van der Waals surface area contributed by atoms with Crippen molar-refractivity contribution in [2.24, 2.45) is 17.6 Å². The van der Waals surface area contributed by atoms with Crippen molar-refractivity contribution in [3.63, 3.8) is 0 Å². The molecular formula is C13H23N3O. The summed E-state index contributed by atoms with van der Waals surface area (Å²) in [6.07, 6.45) is 4.52. The molecule has 3 atom stereocenters. The fraction of sp³-hybridized carbons (Fsp3) is 0.846. The molecule has 0 aromatic carbocycles. The van der Waals surface area contributed by atoms with Crippen molar-refractivity contribution in [1.29, 1.82) is 0 Å². The van der Waals surface area contributed by atoms with Crippen LogP contribution in [0.2, 0.25) is 0 Å². The summed E-state index contributed by atoms with van der Waals surface area (Å²) < 4.78 is 5.29. The van der Waals surface area contributed by atoms with Gasteiger partial charge in [0.05, 0.1) is 6.04 Å². The number of hydrogen-bond donors (Lipinski definition) is 1. The van der Waals surface area contributed by atoms with E-state index >= 15 is 0 Å². The van der Waals surface area contributed by atoms with Crippen LogP contribution in [-0.4, -0.2) is 10.1 Å². The number of rotatable bonds is 4. The van der Waals surface area contributed by atoms with E-state index in [1.54, 1.807) is 0 Å². The fourth-order valence-corrected chi connectivity index (χ4v) is 2.61. The first-order chi connectivity index (χ1) is 8.06. The van der Waals surface area contributed by atoms with Crippen LogP contribution in [0, 0.1) is 11.8 Å². The molecule has 0 aliphatic heterocycles. The Labute approximate surface area is 103 Å². The first kappa shape index (κ1) is 12.6. The molecule has 1 fully saturated rings. The van der Waals surface area contributed by atoms with Gasteiger partial charge < -0.3 is 10.3 Å². The van der Waals surface area contributed by atoms with Gasteiger partial charge in [-0.25, -0.2) is 0 Å². The summed E-state index contributed by atoms with van der Waals surface area (Å²) in [4.78, 5) is 4.48. The lowest BCUT2D eigenvalue weighted by Gasteiger charge is -2.08. The molecule has 96 valence electrons. The highest BCUT2D eigenvalue weighted by molar-refractivity contribution is 5.01. The van der Waals surface area contributed by atoms with Gasteiger partial charge in [-0.05, 0) is 37.5 Å². The molecule has 1 aromatic rings. The van der Waals surface area contributed by atoms with Crippen LogP contribution in [0.4, 0.5) is 0 Å². The topological polar surface area (TPSA) is 64.9 Å². The molecule has 2 unspecified atom stereocenters. The Hall–Kier alpha value is -0.900. The molecule has 4 heteroatoms. The van der Waals surface area contributed by atoms with Gasteiger partial charge in [0.25, 0.3) is 0 Å². The zero-order chi connectivity index (χ0) is 12.4. The number of hydrogen-bond acceptors (Lipinski definition) is 4. The summed E-state index contributed by atoms with van der Waals surface area (Å²) in [6, 6.07) is -0.116. The van der Waals surface area contributed by atoms with Crippen LogP contribution in [0.5, 0.6) is 0 Å². The summed E-state index contributed by atoms with van der Waals surface area (Å²) in [7, 11) is 0. The highest BCUT2D eigenvalue weighted by atomic mass is 16.5. The Morgan fingerprint density at radius 1 is 1.41 bits per heavy atom. The van der Waals surface area contributed by atoms with Gasteiger partial charge >= 0.3 is 0 Å². The van der Waals surface area contributed by atoms with E-state index in [1.165, 1.54) is 19.3 Å². The standard InChI is InChI=1S/C13H23N3O/c1-8(2)6-11(14)13-15-12(16-17-13)10-5-4-9(3)7-10/h8-11H,4-7,14H2,1-3H3/t9?,10?,11-/m1/s1. The van der Waals surface area contributed by atoms with Gasteiger partial charge in [-0.2, -0.15) is 4.98 Å². The lowest BCUT2D eigenvalue weighted by molar-refractivity contribution is 0.330. The quantitative estimate of drug-likeness (QED) is 0.874. The molecule has 0 spiro atoms. The van der Waals surface area contributed by atoms with Gasteiger partial charge in [0.1, 0.15) is 0 Å². The Balaban J connectivity index is 2.00. The number of nitrogens with zero attached hydrogens (tertiary/aromatic N) is 2. The van der Waals surface area contributed by atoms with Crippen molar-refractivity contribution in [2.45, 2.75) is 58.4 Å². The Bertz CT molecular complexity index is 361. The van der Waals surface area contributed by atoms with E-state index in [-0.39, 0.29) is 6.04 Å². The van der Waals surface area contributed by atoms with Crippen LogP contribution < -0.4 is 5.73 Å². The second-order valence-corrected chi connectivity index (χ2v) is 5.84. The molecule has 0 bridgehead atoms. The number of nitrogens with two attached hydrogens (primary N) is 1. The molecule has 1 aromatic heterocycles. The predicted molar refractivity (Wildman–Crippen MR) is 66.4 cm³/mol. The first-order valence-electron chi connectivity index (χ1n) is 6.65. The molecule has 0 amide bonds. The normalized spacial score (nSPS) is 26.6.